The van der Waals surface area contributed by atoms with E-state index in [4.69, 9.17) is 11.6 Å². The summed E-state index contributed by atoms with van der Waals surface area (Å²) < 4.78 is -0.863. The zero-order valence-corrected chi connectivity index (χ0v) is 21.8. The van der Waals surface area contributed by atoms with Crippen molar-refractivity contribution in [3.63, 3.8) is 0 Å². The van der Waals surface area contributed by atoms with Crippen molar-refractivity contribution < 1.29 is 24.6 Å². The van der Waals surface area contributed by atoms with E-state index in [1.165, 1.54) is 16.7 Å². The van der Waals surface area contributed by atoms with Gasteiger partial charge in [-0.25, -0.2) is 0 Å². The molecule has 0 aromatic heterocycles. The zero-order chi connectivity index (χ0) is 26.3. The lowest BCUT2D eigenvalue weighted by atomic mass is 9.71. The number of halogens is 1. The van der Waals surface area contributed by atoms with Crippen LogP contribution in [0.4, 0.5) is 5.69 Å². The molecule has 5 rings (SSSR count). The topological polar surface area (TPSA) is 98.2 Å². The van der Waals surface area contributed by atoms with E-state index in [9.17, 15) is 24.6 Å². The third kappa shape index (κ3) is 4.25. The third-order valence-corrected chi connectivity index (χ3v) is 10.1. The smallest absolute Gasteiger partial charge is 0.308 e. The number of fused-ring (bicyclic) bond motifs is 1. The number of aliphatic hydroxyl groups is 1. The van der Waals surface area contributed by atoms with E-state index in [0.717, 1.165) is 5.56 Å². The summed E-state index contributed by atoms with van der Waals surface area (Å²) in [4.78, 5) is 44.0. The molecule has 3 fully saturated rings. The van der Waals surface area contributed by atoms with Crippen LogP contribution in [0.1, 0.15) is 18.4 Å². The second-order valence-electron chi connectivity index (χ2n) is 9.88. The molecule has 1 spiro atoms. The lowest BCUT2D eigenvalue weighted by Gasteiger charge is -2.39. The minimum atomic E-state index is -1.00. The molecule has 2 bridgehead atoms. The number of hydrogen-bond donors (Lipinski definition) is 2. The van der Waals surface area contributed by atoms with Gasteiger partial charge in [-0.05, 0) is 49.1 Å². The highest BCUT2D eigenvalue weighted by molar-refractivity contribution is 8.02. The lowest BCUT2D eigenvalue weighted by Crippen LogP contribution is -2.58. The number of hydrogen-bond acceptors (Lipinski definition) is 5. The number of benzene rings is 2. The van der Waals surface area contributed by atoms with Crippen molar-refractivity contribution in [1.82, 2.24) is 4.90 Å². The normalized spacial score (nSPS) is 28.7. The van der Waals surface area contributed by atoms with Crippen molar-refractivity contribution in [2.75, 3.05) is 18.1 Å². The summed E-state index contributed by atoms with van der Waals surface area (Å²) in [5.74, 6) is -3.34. The molecule has 194 valence electrons. The van der Waals surface area contributed by atoms with E-state index < -0.39 is 34.6 Å². The van der Waals surface area contributed by atoms with Crippen molar-refractivity contribution >= 4 is 46.8 Å². The molecule has 2 aromatic carbocycles. The number of rotatable bonds is 9. The van der Waals surface area contributed by atoms with Crippen LogP contribution in [-0.2, 0) is 20.8 Å². The Morgan fingerprint density at radius 1 is 1.22 bits per heavy atom. The number of carbonyl (C=O) groups is 3. The van der Waals surface area contributed by atoms with Crippen molar-refractivity contribution in [2.24, 2.45) is 11.8 Å². The number of amides is 2. The second kappa shape index (κ2) is 10.2. The van der Waals surface area contributed by atoms with Gasteiger partial charge in [-0.2, -0.15) is 0 Å². The number of carboxylic acid groups (broad SMARTS) is 1. The highest BCUT2D eigenvalue weighted by Gasteiger charge is 2.74. The average Bonchev–Trinajstić information content (AvgIpc) is 3.54. The Hall–Kier alpha value is -2.81. The molecule has 2 N–H and O–H groups in total. The van der Waals surface area contributed by atoms with Gasteiger partial charge in [0.2, 0.25) is 5.91 Å². The van der Waals surface area contributed by atoms with Crippen molar-refractivity contribution in [2.45, 2.75) is 41.3 Å². The maximum absolute atomic E-state index is 14.5. The van der Waals surface area contributed by atoms with Gasteiger partial charge in [-0.15, -0.1) is 18.3 Å². The van der Waals surface area contributed by atoms with Gasteiger partial charge in [-0.3, -0.25) is 14.4 Å². The number of aliphatic hydroxyl groups excluding tert-OH is 1. The van der Waals surface area contributed by atoms with Gasteiger partial charge >= 0.3 is 5.97 Å². The number of anilines is 1. The summed E-state index contributed by atoms with van der Waals surface area (Å²) in [6, 6.07) is 14.8. The number of likely N-dealkylation sites (tertiary alicyclic amines) is 1. The largest absolute Gasteiger partial charge is 0.481 e. The van der Waals surface area contributed by atoms with Crippen molar-refractivity contribution in [1.29, 1.82) is 0 Å². The fraction of sp³-hybridized carbons (Fsp3) is 0.393. The molecule has 7 nitrogen and oxygen atoms in total. The van der Waals surface area contributed by atoms with Crippen LogP contribution in [0.2, 0.25) is 5.02 Å². The first-order valence-corrected chi connectivity index (χ1v) is 13.6. The molecule has 37 heavy (non-hydrogen) atoms. The molecule has 3 aliphatic rings. The number of nitrogens with zero attached hydrogens (tertiary/aromatic N) is 2. The standard InChI is InChI=1S/C28H29ClN2O5S/c1-2-14-30(19-10-8-18(29)9-11-19)26(34)24-28-13-12-21(37-28)22(27(35)36)23(28)25(33)31(24)20(16-32)15-17-6-4-3-5-7-17/h2-11,20-24,32H,1,12-16H2,(H,35,36)/t20-,21-,22+,23+,24?,28?/m1/s1. The van der Waals surface area contributed by atoms with Gasteiger partial charge in [0.25, 0.3) is 5.91 Å². The van der Waals surface area contributed by atoms with Crippen molar-refractivity contribution in [3.8, 4) is 0 Å². The summed E-state index contributed by atoms with van der Waals surface area (Å²) in [5.41, 5.74) is 1.53. The molecule has 9 heteroatoms. The van der Waals surface area contributed by atoms with E-state index in [-0.39, 0.29) is 30.2 Å². The molecule has 2 unspecified atom stereocenters. The summed E-state index contributed by atoms with van der Waals surface area (Å²) in [5, 5.41) is 20.9. The average molecular weight is 541 g/mol. The molecule has 0 aliphatic carbocycles. The van der Waals surface area contributed by atoms with E-state index in [1.54, 1.807) is 35.2 Å². The first-order valence-electron chi connectivity index (χ1n) is 12.4. The Kier molecular flexibility index (Phi) is 7.09. The Balaban J connectivity index is 1.60. The van der Waals surface area contributed by atoms with Gasteiger partial charge in [0.05, 0.1) is 29.2 Å². The molecule has 0 saturated carbocycles. The summed E-state index contributed by atoms with van der Waals surface area (Å²) in [6.45, 7) is 3.68. The van der Waals surface area contributed by atoms with Crippen LogP contribution in [0.25, 0.3) is 0 Å². The molecule has 3 aliphatic heterocycles. The molecule has 6 atom stereocenters. The van der Waals surface area contributed by atoms with Crippen LogP contribution >= 0.6 is 23.4 Å². The molecular formula is C28H29ClN2O5S. The fourth-order valence-corrected chi connectivity index (χ4v) is 8.72. The van der Waals surface area contributed by atoms with Gasteiger partial charge < -0.3 is 20.0 Å². The Labute approximate surface area is 225 Å². The van der Waals surface area contributed by atoms with Crippen LogP contribution in [0.3, 0.4) is 0 Å². The fourth-order valence-electron chi connectivity index (χ4n) is 6.40. The van der Waals surface area contributed by atoms with Crippen LogP contribution < -0.4 is 4.90 Å². The quantitative estimate of drug-likeness (QED) is 0.471. The number of carboxylic acids is 1. The molecule has 3 saturated heterocycles. The monoisotopic (exact) mass is 540 g/mol. The maximum atomic E-state index is 14.5. The molecule has 2 aromatic rings. The number of thioether (sulfide) groups is 1. The first kappa shape index (κ1) is 25.8. The molecule has 3 heterocycles. The summed E-state index contributed by atoms with van der Waals surface area (Å²) >= 11 is 7.56. The minimum Gasteiger partial charge on any atom is -0.481 e. The Morgan fingerprint density at radius 2 is 1.92 bits per heavy atom. The Morgan fingerprint density at radius 3 is 2.54 bits per heavy atom. The van der Waals surface area contributed by atoms with Gasteiger partial charge in [-0.1, -0.05) is 48.0 Å². The van der Waals surface area contributed by atoms with Crippen LogP contribution in [0.15, 0.2) is 67.3 Å². The second-order valence-corrected chi connectivity index (χ2v) is 11.9. The number of aliphatic carboxylic acids is 1. The predicted octanol–water partition coefficient (Wildman–Crippen LogP) is 3.64. The molecule has 2 amide bonds. The van der Waals surface area contributed by atoms with E-state index >= 15 is 0 Å². The zero-order valence-electron chi connectivity index (χ0n) is 20.2. The molecular weight excluding hydrogens is 512 g/mol. The highest BCUT2D eigenvalue weighted by atomic mass is 35.5. The minimum absolute atomic E-state index is 0.207. The first-order chi connectivity index (χ1) is 17.8. The predicted molar refractivity (Wildman–Crippen MR) is 144 cm³/mol. The van der Waals surface area contributed by atoms with Crippen molar-refractivity contribution in [3.05, 3.63) is 77.8 Å². The van der Waals surface area contributed by atoms with E-state index in [1.807, 2.05) is 30.3 Å². The van der Waals surface area contributed by atoms with Gasteiger partial charge in [0.1, 0.15) is 6.04 Å². The van der Waals surface area contributed by atoms with E-state index in [2.05, 4.69) is 6.58 Å². The van der Waals surface area contributed by atoms with Gasteiger partial charge in [0, 0.05) is 22.5 Å². The highest BCUT2D eigenvalue weighted by Crippen LogP contribution is 2.66. The third-order valence-electron chi connectivity index (χ3n) is 7.89. The van der Waals surface area contributed by atoms with Gasteiger partial charge in [0.15, 0.2) is 0 Å². The van der Waals surface area contributed by atoms with Crippen LogP contribution in [-0.4, -0.2) is 68.1 Å². The lowest BCUT2D eigenvalue weighted by molar-refractivity contribution is -0.149. The van der Waals surface area contributed by atoms with E-state index in [0.29, 0.717) is 30.0 Å². The summed E-state index contributed by atoms with van der Waals surface area (Å²) in [7, 11) is 0. The van der Waals surface area contributed by atoms with Crippen LogP contribution in [0.5, 0.6) is 0 Å². The maximum Gasteiger partial charge on any atom is 0.308 e. The summed E-state index contributed by atoms with van der Waals surface area (Å²) in [6.07, 6.45) is 3.18. The number of carbonyl (C=O) groups excluding carboxylic acids is 2. The SMILES string of the molecule is C=CCN(C(=O)C1N([C@@H](CO)Cc2ccccc2)C(=O)[C@@H]2[C@@H](C(=O)O)[C@H]3CCC12S3)c1ccc(Cl)cc1. The Bertz CT molecular complexity index is 1210. The van der Waals surface area contributed by atoms with Crippen LogP contribution in [0, 0.1) is 11.8 Å². The molecule has 0 radical (unpaired) electrons.